The number of allylic oxidation sites excluding steroid dienone is 1. The number of rotatable bonds is 8. The standard InChI is InChI=1S/C38H49N3O9S/c1-6-25-20-38(25,36(45)40-51(46,47)27-12-13-27)21-31(42)30-18-26-22-41(30)35(44)29(37(2,3)4)19-33(43)49-16-8-7-9-32(48-5)24-11-10-23-14-15-39-34(50-26)28(23)17-24/h6,10-11,14-15,17,25-27,29-30,32H,1,7-9,12-13,16,18-22H2,2-5H3,(H,40,45)/t25-,26-,29-,30?,32?,38-/m1/s1. The van der Waals surface area contributed by atoms with Crippen molar-refractivity contribution in [1.82, 2.24) is 14.6 Å². The number of fused-ring (bicyclic) bond motifs is 3. The van der Waals surface area contributed by atoms with Crippen molar-refractivity contribution < 1.29 is 41.8 Å². The van der Waals surface area contributed by atoms with Crippen LogP contribution in [-0.4, -0.2) is 79.5 Å². The van der Waals surface area contributed by atoms with Crippen molar-refractivity contribution in [3.8, 4) is 5.88 Å². The van der Waals surface area contributed by atoms with Crippen molar-refractivity contribution in [3.63, 3.8) is 0 Å². The van der Waals surface area contributed by atoms with E-state index in [1.807, 2.05) is 45.0 Å². The Morgan fingerprint density at radius 2 is 1.92 bits per heavy atom. The summed E-state index contributed by atoms with van der Waals surface area (Å²) in [7, 11) is -2.18. The molecule has 2 saturated carbocycles. The van der Waals surface area contributed by atoms with E-state index >= 15 is 0 Å². The average Bonchev–Trinajstić information content (AvgIpc) is 4.01. The Kier molecular flexibility index (Phi) is 10.4. The summed E-state index contributed by atoms with van der Waals surface area (Å²) in [4.78, 5) is 61.6. The number of benzene rings is 1. The van der Waals surface area contributed by atoms with Crippen molar-refractivity contribution in [2.75, 3.05) is 20.3 Å². The van der Waals surface area contributed by atoms with Gasteiger partial charge in [0.05, 0.1) is 48.3 Å². The first kappa shape index (κ1) is 36.9. The van der Waals surface area contributed by atoms with E-state index in [1.54, 1.807) is 19.4 Å². The molecule has 2 aliphatic carbocycles. The maximum Gasteiger partial charge on any atom is 0.306 e. The third-order valence-corrected chi connectivity index (χ3v) is 12.8. The highest BCUT2D eigenvalue weighted by atomic mass is 32.2. The Balaban J connectivity index is 1.34. The number of Topliss-reactive ketones (excluding diaryl/α,β-unsaturated/α-hetero) is 1. The van der Waals surface area contributed by atoms with Crippen LogP contribution >= 0.6 is 0 Å². The van der Waals surface area contributed by atoms with Crippen LogP contribution in [0.4, 0.5) is 0 Å². The first-order chi connectivity index (χ1) is 24.2. The number of ether oxygens (including phenoxy) is 3. The Bertz CT molecular complexity index is 1820. The molecule has 0 radical (unpaired) electrons. The second-order valence-electron chi connectivity index (χ2n) is 15.7. The Morgan fingerprint density at radius 1 is 1.16 bits per heavy atom. The topological polar surface area (TPSA) is 158 Å². The number of carbonyl (C=O) groups is 4. The molecule has 12 nitrogen and oxygen atoms in total. The van der Waals surface area contributed by atoms with Gasteiger partial charge in [-0.3, -0.25) is 23.9 Å². The molecule has 2 aromatic rings. The summed E-state index contributed by atoms with van der Waals surface area (Å²) in [5.74, 6) is -2.81. The molecule has 4 aliphatic rings. The number of nitrogens with one attached hydrogen (secondary N) is 1. The van der Waals surface area contributed by atoms with Gasteiger partial charge >= 0.3 is 5.97 Å². The molecule has 1 aromatic heterocycles. The van der Waals surface area contributed by atoms with Crippen LogP contribution in [0.1, 0.15) is 90.2 Å². The number of amides is 2. The van der Waals surface area contributed by atoms with Crippen LogP contribution in [-0.2, 0) is 38.7 Å². The Labute approximate surface area is 299 Å². The van der Waals surface area contributed by atoms with Gasteiger partial charge < -0.3 is 19.1 Å². The van der Waals surface area contributed by atoms with Crippen molar-refractivity contribution >= 4 is 44.4 Å². The molecule has 1 saturated heterocycles. The highest BCUT2D eigenvalue weighted by Gasteiger charge is 2.61. The maximum absolute atomic E-state index is 14.5. The SMILES string of the molecule is C=C[C@@H]1C[C@]1(CC(=O)C1C[C@@H]2CN1C(=O)[C@H](C(C)(C)C)CC(=O)OCCCCC(OC)c1ccc3ccnc(c3c1)O2)C(=O)NS(=O)(=O)C1CC1. The number of cyclic esters (lactones) is 1. The lowest BCUT2D eigenvalue weighted by Gasteiger charge is -2.34. The zero-order valence-corrected chi connectivity index (χ0v) is 30.7. The molecule has 1 N–H and O–H groups in total. The van der Waals surface area contributed by atoms with Crippen LogP contribution in [0.3, 0.4) is 0 Å². The highest BCUT2D eigenvalue weighted by molar-refractivity contribution is 7.90. The minimum absolute atomic E-state index is 0.0511. The van der Waals surface area contributed by atoms with Gasteiger partial charge in [0.25, 0.3) is 0 Å². The molecule has 3 heterocycles. The maximum atomic E-state index is 14.5. The van der Waals surface area contributed by atoms with E-state index in [9.17, 15) is 27.6 Å². The summed E-state index contributed by atoms with van der Waals surface area (Å²) in [6, 6.07) is 6.89. The van der Waals surface area contributed by atoms with Crippen molar-refractivity contribution in [2.45, 2.75) is 102 Å². The summed E-state index contributed by atoms with van der Waals surface area (Å²) in [6.07, 6.45) is 5.41. The third-order valence-electron chi connectivity index (χ3n) is 11.0. The number of methoxy groups -OCH3 is 1. The third kappa shape index (κ3) is 7.84. The van der Waals surface area contributed by atoms with Crippen molar-refractivity contribution in [3.05, 3.63) is 48.7 Å². The van der Waals surface area contributed by atoms with E-state index in [0.29, 0.717) is 31.6 Å². The van der Waals surface area contributed by atoms with Gasteiger partial charge in [0.1, 0.15) is 6.10 Å². The van der Waals surface area contributed by atoms with Crippen molar-refractivity contribution in [1.29, 1.82) is 0 Å². The molecule has 276 valence electrons. The number of carbonyl (C=O) groups excluding carboxylic acids is 4. The minimum Gasteiger partial charge on any atom is -0.472 e. The zero-order chi connectivity index (χ0) is 36.7. The zero-order valence-electron chi connectivity index (χ0n) is 29.9. The molecule has 6 rings (SSSR count). The van der Waals surface area contributed by atoms with Gasteiger partial charge in [0.2, 0.25) is 27.7 Å². The summed E-state index contributed by atoms with van der Waals surface area (Å²) < 4.78 is 45.6. The molecule has 2 aliphatic heterocycles. The Morgan fingerprint density at radius 3 is 2.59 bits per heavy atom. The molecule has 0 spiro atoms. The van der Waals surface area contributed by atoms with Crippen molar-refractivity contribution in [2.24, 2.45) is 22.7 Å². The van der Waals surface area contributed by atoms with E-state index in [4.69, 9.17) is 14.2 Å². The van der Waals surface area contributed by atoms with Crippen LogP contribution < -0.4 is 9.46 Å². The van der Waals surface area contributed by atoms with Gasteiger partial charge in [-0.1, -0.05) is 39.0 Å². The molecular weight excluding hydrogens is 674 g/mol. The predicted molar refractivity (Wildman–Crippen MR) is 189 cm³/mol. The summed E-state index contributed by atoms with van der Waals surface area (Å²) in [5.41, 5.74) is -0.996. The lowest BCUT2D eigenvalue weighted by atomic mass is 9.77. The first-order valence-corrected chi connectivity index (χ1v) is 19.5. The molecule has 6 atom stereocenters. The predicted octanol–water partition coefficient (Wildman–Crippen LogP) is 4.81. The molecule has 13 heteroatoms. The van der Waals surface area contributed by atoms with Gasteiger partial charge in [-0.25, -0.2) is 13.4 Å². The minimum atomic E-state index is -3.84. The lowest BCUT2D eigenvalue weighted by Crippen LogP contribution is -2.48. The van der Waals surface area contributed by atoms with Gasteiger partial charge in [-0.2, -0.15) is 0 Å². The quantitative estimate of drug-likeness (QED) is 0.296. The number of ketones is 1. The Hall–Kier alpha value is -3.84. The number of aromatic nitrogens is 1. The molecule has 2 unspecified atom stereocenters. The summed E-state index contributed by atoms with van der Waals surface area (Å²) >= 11 is 0. The van der Waals surface area contributed by atoms with E-state index in [2.05, 4.69) is 16.3 Å². The normalized spacial score (nSPS) is 29.1. The molecule has 2 amide bonds. The number of sulfonamides is 1. The molecule has 3 fully saturated rings. The first-order valence-electron chi connectivity index (χ1n) is 17.9. The van der Waals surface area contributed by atoms with Gasteiger partial charge in [-0.15, -0.1) is 6.58 Å². The van der Waals surface area contributed by atoms with Gasteiger partial charge in [-0.05, 0) is 72.9 Å². The highest BCUT2D eigenvalue weighted by Crippen LogP contribution is 2.57. The molecular formula is C38H49N3O9S. The lowest BCUT2D eigenvalue weighted by molar-refractivity contribution is -0.153. The van der Waals surface area contributed by atoms with Crippen LogP contribution in [0, 0.1) is 22.7 Å². The summed E-state index contributed by atoms with van der Waals surface area (Å²) in [6.45, 7) is 9.69. The molecule has 51 heavy (non-hydrogen) atoms. The van der Waals surface area contributed by atoms with E-state index in [-0.39, 0.29) is 56.6 Å². The fourth-order valence-electron chi connectivity index (χ4n) is 7.58. The molecule has 4 bridgehead atoms. The van der Waals surface area contributed by atoms with Gasteiger partial charge in [0, 0.05) is 31.5 Å². The van der Waals surface area contributed by atoms with Crippen LogP contribution in [0.2, 0.25) is 0 Å². The van der Waals surface area contributed by atoms with E-state index in [1.165, 1.54) is 4.90 Å². The second kappa shape index (κ2) is 14.3. The number of esters is 1. The van der Waals surface area contributed by atoms with Crippen LogP contribution in [0.5, 0.6) is 5.88 Å². The second-order valence-corrected chi connectivity index (χ2v) is 17.6. The fraction of sp³-hybridized carbons (Fsp3) is 0.605. The monoisotopic (exact) mass is 723 g/mol. The van der Waals surface area contributed by atoms with Gasteiger partial charge in [0.15, 0.2) is 5.78 Å². The van der Waals surface area contributed by atoms with E-state index in [0.717, 1.165) is 22.8 Å². The number of nitrogens with zero attached hydrogens (tertiary/aromatic N) is 2. The fourth-order valence-corrected chi connectivity index (χ4v) is 8.96. The molecule has 1 aromatic carbocycles. The average molecular weight is 724 g/mol. The van der Waals surface area contributed by atoms with Crippen LogP contribution in [0.15, 0.2) is 43.1 Å². The smallest absolute Gasteiger partial charge is 0.306 e. The van der Waals surface area contributed by atoms with E-state index < -0.39 is 62.0 Å². The number of pyridine rings is 1. The summed E-state index contributed by atoms with van der Waals surface area (Å²) in [5, 5.41) is 1.07. The number of hydrogen-bond acceptors (Lipinski definition) is 10. The number of hydrogen-bond donors (Lipinski definition) is 1. The largest absolute Gasteiger partial charge is 0.472 e. The van der Waals surface area contributed by atoms with Crippen LogP contribution in [0.25, 0.3) is 10.8 Å².